The van der Waals surface area contributed by atoms with E-state index in [1.165, 1.54) is 7.11 Å². The molecular formula is C20H25NO5S. The lowest BCUT2D eigenvalue weighted by Gasteiger charge is -2.19. The summed E-state index contributed by atoms with van der Waals surface area (Å²) in [7, 11) is -0.625. The predicted octanol–water partition coefficient (Wildman–Crippen LogP) is 3.07. The molecule has 0 bridgehead atoms. The predicted molar refractivity (Wildman–Crippen MR) is 103 cm³/mol. The van der Waals surface area contributed by atoms with E-state index in [2.05, 4.69) is 4.72 Å². The highest BCUT2D eigenvalue weighted by molar-refractivity contribution is 7.89. The van der Waals surface area contributed by atoms with Crippen LogP contribution in [0.1, 0.15) is 31.0 Å². The SMILES string of the molecule is COCC(NS(=O)(=O)c1ccc2c(c1)CC(C)(C)O2)c1cccc(OC)c1. The van der Waals surface area contributed by atoms with Crippen LogP contribution in [0.25, 0.3) is 0 Å². The largest absolute Gasteiger partial charge is 0.497 e. The van der Waals surface area contributed by atoms with Crippen LogP contribution >= 0.6 is 0 Å². The molecule has 2 aromatic rings. The lowest BCUT2D eigenvalue weighted by molar-refractivity contribution is 0.138. The van der Waals surface area contributed by atoms with Gasteiger partial charge in [-0.1, -0.05) is 12.1 Å². The molecule has 7 heteroatoms. The van der Waals surface area contributed by atoms with E-state index in [1.807, 2.05) is 32.0 Å². The molecule has 0 saturated carbocycles. The molecule has 6 nitrogen and oxygen atoms in total. The van der Waals surface area contributed by atoms with Crippen LogP contribution in [-0.4, -0.2) is 34.8 Å². The number of hydrogen-bond acceptors (Lipinski definition) is 5. The minimum Gasteiger partial charge on any atom is -0.497 e. The van der Waals surface area contributed by atoms with Crippen LogP contribution in [0.4, 0.5) is 0 Å². The van der Waals surface area contributed by atoms with E-state index < -0.39 is 16.1 Å². The van der Waals surface area contributed by atoms with E-state index in [0.29, 0.717) is 12.2 Å². The summed E-state index contributed by atoms with van der Waals surface area (Å²) in [6, 6.07) is 11.7. The van der Waals surface area contributed by atoms with E-state index in [0.717, 1.165) is 16.9 Å². The Morgan fingerprint density at radius 1 is 1.19 bits per heavy atom. The zero-order chi connectivity index (χ0) is 19.7. The molecule has 1 unspecified atom stereocenters. The van der Waals surface area contributed by atoms with Gasteiger partial charge < -0.3 is 14.2 Å². The van der Waals surface area contributed by atoms with Crippen molar-refractivity contribution in [1.29, 1.82) is 0 Å². The summed E-state index contributed by atoms with van der Waals surface area (Å²) in [6.07, 6.45) is 0.670. The van der Waals surface area contributed by atoms with Crippen molar-refractivity contribution in [2.24, 2.45) is 0 Å². The highest BCUT2D eigenvalue weighted by Crippen LogP contribution is 2.36. The fraction of sp³-hybridized carbons (Fsp3) is 0.400. The molecule has 146 valence electrons. The van der Waals surface area contributed by atoms with Crippen molar-refractivity contribution >= 4 is 10.0 Å². The summed E-state index contributed by atoms with van der Waals surface area (Å²) in [6.45, 7) is 4.17. The first-order valence-electron chi connectivity index (χ1n) is 8.71. The Hall–Kier alpha value is -2.09. The van der Waals surface area contributed by atoms with Crippen molar-refractivity contribution in [2.45, 2.75) is 36.8 Å². The van der Waals surface area contributed by atoms with Crippen LogP contribution in [0, 0.1) is 0 Å². The maximum Gasteiger partial charge on any atom is 0.241 e. The molecule has 0 aliphatic carbocycles. The average Bonchev–Trinajstić information content (AvgIpc) is 2.94. The Kier molecular flexibility index (Phi) is 5.46. The molecule has 1 aliphatic heterocycles. The first-order chi connectivity index (χ1) is 12.7. The molecule has 0 radical (unpaired) electrons. The highest BCUT2D eigenvalue weighted by atomic mass is 32.2. The van der Waals surface area contributed by atoms with Crippen LogP contribution in [0.2, 0.25) is 0 Å². The third-order valence-electron chi connectivity index (χ3n) is 4.47. The first kappa shape index (κ1) is 19.7. The number of sulfonamides is 1. The minimum atomic E-state index is -3.73. The number of rotatable bonds is 7. The number of nitrogens with one attached hydrogen (secondary N) is 1. The molecule has 0 aromatic heterocycles. The van der Waals surface area contributed by atoms with Crippen molar-refractivity contribution in [2.75, 3.05) is 20.8 Å². The van der Waals surface area contributed by atoms with Gasteiger partial charge in [0.25, 0.3) is 0 Å². The van der Waals surface area contributed by atoms with Crippen molar-refractivity contribution in [3.05, 3.63) is 53.6 Å². The molecule has 27 heavy (non-hydrogen) atoms. The van der Waals surface area contributed by atoms with Gasteiger partial charge in [-0.15, -0.1) is 0 Å². The lowest BCUT2D eigenvalue weighted by atomic mass is 10.0. The average molecular weight is 391 g/mol. The summed E-state index contributed by atoms with van der Waals surface area (Å²) in [5.41, 5.74) is 1.34. The van der Waals surface area contributed by atoms with Gasteiger partial charge in [0.15, 0.2) is 0 Å². The van der Waals surface area contributed by atoms with Crippen LogP contribution in [-0.2, 0) is 21.2 Å². The van der Waals surface area contributed by atoms with Crippen LogP contribution in [0.5, 0.6) is 11.5 Å². The summed E-state index contributed by atoms with van der Waals surface area (Å²) in [5.74, 6) is 1.39. The van der Waals surface area contributed by atoms with E-state index in [-0.39, 0.29) is 17.1 Å². The summed E-state index contributed by atoms with van der Waals surface area (Å²) >= 11 is 0. The molecule has 1 aliphatic rings. The summed E-state index contributed by atoms with van der Waals surface area (Å²) < 4.78 is 45.0. The Bertz CT molecular complexity index is 924. The second kappa shape index (κ2) is 7.50. The quantitative estimate of drug-likeness (QED) is 0.785. The van der Waals surface area contributed by atoms with E-state index in [4.69, 9.17) is 14.2 Å². The van der Waals surface area contributed by atoms with Gasteiger partial charge in [-0.2, -0.15) is 0 Å². The van der Waals surface area contributed by atoms with Crippen molar-refractivity contribution in [1.82, 2.24) is 4.72 Å². The first-order valence-corrected chi connectivity index (χ1v) is 10.2. The lowest BCUT2D eigenvalue weighted by Crippen LogP contribution is -2.31. The molecule has 0 fully saturated rings. The fourth-order valence-electron chi connectivity index (χ4n) is 3.23. The van der Waals surface area contributed by atoms with Gasteiger partial charge in [-0.25, -0.2) is 13.1 Å². The van der Waals surface area contributed by atoms with E-state index in [1.54, 1.807) is 31.4 Å². The molecule has 2 aromatic carbocycles. The number of hydrogen-bond donors (Lipinski definition) is 1. The zero-order valence-corrected chi connectivity index (χ0v) is 16.8. The highest BCUT2D eigenvalue weighted by Gasteiger charge is 2.31. The Morgan fingerprint density at radius 3 is 2.67 bits per heavy atom. The Labute approximate surface area is 160 Å². The molecule has 0 spiro atoms. The number of ether oxygens (including phenoxy) is 3. The van der Waals surface area contributed by atoms with E-state index in [9.17, 15) is 8.42 Å². The molecule has 0 saturated heterocycles. The van der Waals surface area contributed by atoms with Crippen molar-refractivity contribution in [3.63, 3.8) is 0 Å². The third-order valence-corrected chi connectivity index (χ3v) is 5.94. The van der Waals surface area contributed by atoms with Crippen LogP contribution in [0.3, 0.4) is 0 Å². The molecule has 0 amide bonds. The minimum absolute atomic E-state index is 0.202. The van der Waals surface area contributed by atoms with Gasteiger partial charge in [-0.05, 0) is 55.3 Å². The van der Waals surface area contributed by atoms with Gasteiger partial charge in [0, 0.05) is 13.5 Å². The van der Waals surface area contributed by atoms with E-state index >= 15 is 0 Å². The second-order valence-corrected chi connectivity index (χ2v) is 8.93. The summed E-state index contributed by atoms with van der Waals surface area (Å²) in [5, 5.41) is 0. The van der Waals surface area contributed by atoms with Gasteiger partial charge in [0.1, 0.15) is 17.1 Å². The van der Waals surface area contributed by atoms with Gasteiger partial charge in [0.05, 0.1) is 24.7 Å². The molecule has 1 heterocycles. The summed E-state index contributed by atoms with van der Waals surface area (Å²) in [4.78, 5) is 0.214. The Balaban J connectivity index is 1.88. The fourth-order valence-corrected chi connectivity index (χ4v) is 4.49. The van der Waals surface area contributed by atoms with Gasteiger partial charge >= 0.3 is 0 Å². The maximum atomic E-state index is 13.0. The number of methoxy groups -OCH3 is 2. The van der Waals surface area contributed by atoms with Crippen LogP contribution < -0.4 is 14.2 Å². The molecule has 1 atom stereocenters. The smallest absolute Gasteiger partial charge is 0.241 e. The maximum absolute atomic E-state index is 13.0. The van der Waals surface area contributed by atoms with Crippen LogP contribution in [0.15, 0.2) is 47.4 Å². The monoisotopic (exact) mass is 391 g/mol. The molecular weight excluding hydrogens is 366 g/mol. The number of fused-ring (bicyclic) bond motifs is 1. The third kappa shape index (κ3) is 4.43. The Morgan fingerprint density at radius 2 is 1.96 bits per heavy atom. The van der Waals surface area contributed by atoms with Crippen molar-refractivity contribution < 1.29 is 22.6 Å². The number of benzene rings is 2. The normalized spacial score (nSPS) is 16.4. The second-order valence-electron chi connectivity index (χ2n) is 7.21. The van der Waals surface area contributed by atoms with Crippen molar-refractivity contribution in [3.8, 4) is 11.5 Å². The zero-order valence-electron chi connectivity index (χ0n) is 16.0. The van der Waals surface area contributed by atoms with Gasteiger partial charge in [-0.3, -0.25) is 0 Å². The molecule has 3 rings (SSSR count). The topological polar surface area (TPSA) is 73.9 Å². The standard InChI is InChI=1S/C20H25NO5S/c1-20(2)12-15-11-17(8-9-19(15)26-20)27(22,23)21-18(13-24-3)14-6-5-7-16(10-14)25-4/h5-11,18,21H,12-13H2,1-4H3. The molecule has 1 N–H and O–H groups in total. The van der Waals surface area contributed by atoms with Gasteiger partial charge in [0.2, 0.25) is 10.0 Å².